The molecule has 0 radical (unpaired) electrons. The first-order valence-corrected chi connectivity index (χ1v) is 19.7. The molecule has 3 saturated heterocycles. The van der Waals surface area contributed by atoms with Crippen LogP contribution in [0.2, 0.25) is 0 Å². The number of allylic oxidation sites excluding steroid dienone is 1. The molecule has 292 valence electrons. The highest BCUT2D eigenvalue weighted by Gasteiger charge is 2.77. The monoisotopic (exact) mass is 824 g/mol. The minimum atomic E-state index is -1.44. The van der Waals surface area contributed by atoms with Gasteiger partial charge in [0.2, 0.25) is 17.7 Å². The van der Waals surface area contributed by atoms with Gasteiger partial charge in [-0.15, -0.1) is 18.3 Å². The summed E-state index contributed by atoms with van der Waals surface area (Å²) < 4.78 is 14.6. The van der Waals surface area contributed by atoms with Crippen LogP contribution in [0.4, 0.5) is 0 Å². The molecule has 0 saturated carbocycles. The normalized spacial score (nSPS) is 24.7. The first-order chi connectivity index (χ1) is 27.2. The van der Waals surface area contributed by atoms with Crippen molar-refractivity contribution in [2.45, 2.75) is 67.1 Å². The molecule has 8 atom stereocenters. The summed E-state index contributed by atoms with van der Waals surface area (Å²) in [6.07, 6.45) is 2.84. The number of ether oxygens (including phenoxy) is 2. The number of fused-ring (bicyclic) bond motifs is 2. The van der Waals surface area contributed by atoms with Crippen molar-refractivity contribution in [3.05, 3.63) is 121 Å². The lowest BCUT2D eigenvalue weighted by Gasteiger charge is -2.39. The van der Waals surface area contributed by atoms with Gasteiger partial charge in [0, 0.05) is 17.8 Å². The number of amides is 3. The molecule has 3 aromatic carbocycles. The quantitative estimate of drug-likeness (QED) is 0.0909. The van der Waals surface area contributed by atoms with E-state index in [1.54, 1.807) is 33.9 Å². The number of aliphatic hydroxyl groups is 1. The molecule has 0 aliphatic carbocycles. The maximum Gasteiger partial charge on any atom is 0.313 e. The summed E-state index contributed by atoms with van der Waals surface area (Å²) in [5.74, 6) is -3.99. The fraction of sp³-hybridized carbons (Fsp3) is 0.381. The summed E-state index contributed by atoms with van der Waals surface area (Å²) in [6, 6.07) is 23.8. The number of likely N-dealkylation sites (tertiary alicyclic amines) is 1. The van der Waals surface area contributed by atoms with Crippen molar-refractivity contribution in [2.75, 3.05) is 19.7 Å². The SMILES string of the molecule is C=CCCC(=O)NC[C@@H](OC(=O)[C@H]1[C@@H]2O[C@@]3(CC2Br)[C@@H]1C(=O)N([C@@H](CO)Cc1ccccc1)[C@@H]3C(=O)N(CC=C)Cn1nnc2ccccc21)c1ccccc1. The number of hydrogen-bond acceptors (Lipinski definition) is 9. The molecule has 56 heavy (non-hydrogen) atoms. The number of aliphatic hydroxyl groups excluding tert-OH is 1. The van der Waals surface area contributed by atoms with Crippen LogP contribution < -0.4 is 5.32 Å². The number of halogens is 1. The highest BCUT2D eigenvalue weighted by Crippen LogP contribution is 2.61. The van der Waals surface area contributed by atoms with Gasteiger partial charge in [-0.1, -0.05) is 106 Å². The molecule has 4 heterocycles. The zero-order valence-corrected chi connectivity index (χ0v) is 32.4. The van der Waals surface area contributed by atoms with Crippen LogP contribution in [0.1, 0.15) is 36.5 Å². The van der Waals surface area contributed by atoms with E-state index in [9.17, 15) is 14.7 Å². The van der Waals surface area contributed by atoms with Crippen LogP contribution >= 0.6 is 15.9 Å². The van der Waals surface area contributed by atoms with E-state index in [1.807, 2.05) is 72.8 Å². The van der Waals surface area contributed by atoms with Gasteiger partial charge in [0.05, 0.1) is 42.6 Å². The lowest BCUT2D eigenvalue weighted by atomic mass is 9.70. The minimum absolute atomic E-state index is 0.00294. The van der Waals surface area contributed by atoms with E-state index in [0.717, 1.165) is 5.56 Å². The van der Waals surface area contributed by atoms with Gasteiger partial charge in [0.15, 0.2) is 0 Å². The minimum Gasteiger partial charge on any atom is -0.455 e. The molecule has 13 nitrogen and oxygen atoms in total. The van der Waals surface area contributed by atoms with E-state index in [1.165, 1.54) is 4.90 Å². The van der Waals surface area contributed by atoms with Crippen LogP contribution in [-0.4, -0.2) is 102 Å². The van der Waals surface area contributed by atoms with Crippen LogP contribution in [-0.2, 0) is 41.7 Å². The third-order valence-corrected chi connectivity index (χ3v) is 11.9. The van der Waals surface area contributed by atoms with Gasteiger partial charge in [-0.25, -0.2) is 4.68 Å². The van der Waals surface area contributed by atoms with Crippen molar-refractivity contribution in [1.29, 1.82) is 0 Å². The second-order valence-corrected chi connectivity index (χ2v) is 15.6. The van der Waals surface area contributed by atoms with Crippen molar-refractivity contribution in [3.63, 3.8) is 0 Å². The number of carbonyl (C=O) groups excluding carboxylic acids is 4. The van der Waals surface area contributed by atoms with Gasteiger partial charge >= 0.3 is 5.97 Å². The van der Waals surface area contributed by atoms with E-state index in [-0.39, 0.29) is 44.9 Å². The average Bonchev–Trinajstić information content (AvgIpc) is 3.94. The average molecular weight is 826 g/mol. The molecule has 2 N–H and O–H groups in total. The fourth-order valence-corrected chi connectivity index (χ4v) is 9.46. The number of aromatic nitrogens is 3. The molecule has 7 rings (SSSR count). The van der Waals surface area contributed by atoms with E-state index < -0.39 is 70.9 Å². The Hall–Kier alpha value is -5.18. The third-order valence-electron chi connectivity index (χ3n) is 11.0. The van der Waals surface area contributed by atoms with E-state index >= 15 is 9.59 Å². The molecule has 4 aromatic rings. The van der Waals surface area contributed by atoms with Gasteiger partial charge in [-0.2, -0.15) is 0 Å². The Kier molecular flexibility index (Phi) is 11.8. The predicted octanol–water partition coefficient (Wildman–Crippen LogP) is 4.12. The van der Waals surface area contributed by atoms with Crippen molar-refractivity contribution in [2.24, 2.45) is 11.8 Å². The molecule has 1 spiro atoms. The topological polar surface area (TPSA) is 156 Å². The van der Waals surface area contributed by atoms with E-state index in [0.29, 0.717) is 23.0 Å². The van der Waals surface area contributed by atoms with Crippen LogP contribution in [0.3, 0.4) is 0 Å². The Labute approximate surface area is 333 Å². The Balaban J connectivity index is 1.25. The van der Waals surface area contributed by atoms with Gasteiger partial charge < -0.3 is 29.7 Å². The highest BCUT2D eigenvalue weighted by atomic mass is 79.9. The molecule has 14 heteroatoms. The summed E-state index contributed by atoms with van der Waals surface area (Å²) in [7, 11) is 0. The van der Waals surface area contributed by atoms with Gasteiger partial charge in [-0.05, 0) is 42.5 Å². The van der Waals surface area contributed by atoms with Crippen molar-refractivity contribution in [3.8, 4) is 0 Å². The largest absolute Gasteiger partial charge is 0.455 e. The molecule has 1 unspecified atom stereocenters. The van der Waals surface area contributed by atoms with Crippen LogP contribution in [0.15, 0.2) is 110 Å². The molecule has 3 aliphatic rings. The van der Waals surface area contributed by atoms with Crippen LogP contribution in [0.5, 0.6) is 0 Å². The van der Waals surface area contributed by atoms with Crippen molar-refractivity contribution < 1.29 is 33.8 Å². The highest BCUT2D eigenvalue weighted by molar-refractivity contribution is 9.09. The second kappa shape index (κ2) is 16.9. The standard InChI is InChI=1S/C42H45BrN6O7/c1-3-5-20-34(51)44-24-33(28-16-10-7-11-17-28)55-41(54)35-36-39(52)49(29(25-50)22-27-14-8-6-9-15-27)38(42(36)23-30(43)37(35)56-42)40(53)47(21-4-2)26-48-32-19-13-12-18-31(32)45-46-48/h3-4,6-19,29-30,33,35-38,50H,1-2,5,20-26H2,(H,44,51)/t29-,30?,33-,35-,36+,37-,38-,42+/m1/s1. The smallest absolute Gasteiger partial charge is 0.313 e. The number of hydrogen-bond donors (Lipinski definition) is 2. The molecule has 2 bridgehead atoms. The summed E-state index contributed by atoms with van der Waals surface area (Å²) in [5, 5.41) is 22.4. The molecular weight excluding hydrogens is 780 g/mol. The lowest BCUT2D eigenvalue weighted by Crippen LogP contribution is -2.59. The van der Waals surface area contributed by atoms with Crippen molar-refractivity contribution in [1.82, 2.24) is 30.1 Å². The Morgan fingerprint density at radius 3 is 2.48 bits per heavy atom. The van der Waals surface area contributed by atoms with E-state index in [4.69, 9.17) is 9.47 Å². The zero-order chi connectivity index (χ0) is 39.4. The first-order valence-electron chi connectivity index (χ1n) is 18.8. The van der Waals surface area contributed by atoms with E-state index in [2.05, 4.69) is 44.7 Å². The number of benzene rings is 3. The number of alkyl halides is 1. The van der Waals surface area contributed by atoms with Crippen LogP contribution in [0.25, 0.3) is 11.0 Å². The second-order valence-electron chi connectivity index (χ2n) is 14.5. The van der Waals surface area contributed by atoms with Crippen LogP contribution in [0, 0.1) is 11.8 Å². The number of nitrogens with zero attached hydrogens (tertiary/aromatic N) is 5. The number of rotatable bonds is 17. The molecule has 3 amide bonds. The number of esters is 1. The molecular formula is C42H45BrN6O7. The van der Waals surface area contributed by atoms with Crippen molar-refractivity contribution >= 4 is 50.7 Å². The summed E-state index contributed by atoms with van der Waals surface area (Å²) in [4.78, 5) is 60.0. The lowest BCUT2D eigenvalue weighted by molar-refractivity contribution is -0.161. The third kappa shape index (κ3) is 7.40. The first kappa shape index (κ1) is 39.1. The zero-order valence-electron chi connectivity index (χ0n) is 30.9. The summed E-state index contributed by atoms with van der Waals surface area (Å²) >= 11 is 3.75. The van der Waals surface area contributed by atoms with Gasteiger partial charge in [0.25, 0.3) is 0 Å². The summed E-state index contributed by atoms with van der Waals surface area (Å²) in [5.41, 5.74) is 1.46. The maximum absolute atomic E-state index is 15.2. The molecule has 1 aromatic heterocycles. The number of carbonyl (C=O) groups is 4. The van der Waals surface area contributed by atoms with Gasteiger partial charge in [0.1, 0.15) is 29.9 Å². The van der Waals surface area contributed by atoms with Gasteiger partial charge in [-0.3, -0.25) is 19.2 Å². The summed E-state index contributed by atoms with van der Waals surface area (Å²) in [6.45, 7) is 7.25. The number of nitrogens with one attached hydrogen (secondary N) is 1. The predicted molar refractivity (Wildman–Crippen MR) is 211 cm³/mol. The Bertz CT molecular complexity index is 2080. The molecule has 3 aliphatic heterocycles. The maximum atomic E-state index is 15.2. The Morgan fingerprint density at radius 1 is 1.05 bits per heavy atom. The fourth-order valence-electron chi connectivity index (χ4n) is 8.52. The number of para-hydroxylation sites is 1. The molecule has 3 fully saturated rings. The Morgan fingerprint density at radius 2 is 1.77 bits per heavy atom.